The number of nitrogens with zero attached hydrogens (tertiary/aromatic N) is 2. The van der Waals surface area contributed by atoms with Crippen molar-refractivity contribution >= 4 is 26.7 Å². The molecule has 0 fully saturated rings. The molecule has 0 radical (unpaired) electrons. The zero-order chi connectivity index (χ0) is 21.1. The normalized spacial score (nSPS) is 12.1. The van der Waals surface area contributed by atoms with Crippen LogP contribution in [0, 0.1) is 6.92 Å². The molecule has 0 saturated heterocycles. The van der Waals surface area contributed by atoms with Crippen LogP contribution in [0.1, 0.15) is 5.56 Å². The van der Waals surface area contributed by atoms with Crippen molar-refractivity contribution in [1.82, 2.24) is 9.78 Å². The van der Waals surface area contributed by atoms with E-state index in [-0.39, 0.29) is 18.7 Å². The van der Waals surface area contributed by atoms with Crippen molar-refractivity contribution in [2.45, 2.75) is 19.6 Å². The number of aliphatic hydroxyl groups excluding tert-OH is 1. The summed E-state index contributed by atoms with van der Waals surface area (Å²) in [6.45, 7) is 2.12. The molecule has 0 spiro atoms. The van der Waals surface area contributed by atoms with Crippen molar-refractivity contribution in [3.8, 4) is 17.0 Å². The smallest absolute Gasteiger partial charge is 0.274 e. The predicted octanol–water partition coefficient (Wildman–Crippen LogP) is 4.57. The summed E-state index contributed by atoms with van der Waals surface area (Å²) in [4.78, 5) is 13.0. The summed E-state index contributed by atoms with van der Waals surface area (Å²) in [5.41, 5.74) is 2.55. The number of benzene rings is 3. The summed E-state index contributed by atoms with van der Waals surface area (Å²) in [6, 6.07) is 22.8. The number of rotatable bonds is 6. The van der Waals surface area contributed by atoms with Gasteiger partial charge in [0.15, 0.2) is 0 Å². The molecule has 1 atom stereocenters. The molecule has 1 aromatic heterocycles. The van der Waals surface area contributed by atoms with Gasteiger partial charge in [0.25, 0.3) is 5.56 Å². The minimum atomic E-state index is -0.883. The molecular weight excluding hydrogens is 444 g/mol. The van der Waals surface area contributed by atoms with Gasteiger partial charge in [-0.05, 0) is 37.3 Å². The molecule has 0 aliphatic heterocycles. The van der Waals surface area contributed by atoms with Gasteiger partial charge < -0.3 is 9.84 Å². The summed E-state index contributed by atoms with van der Waals surface area (Å²) in [7, 11) is 0. The Bertz CT molecular complexity index is 1220. The summed E-state index contributed by atoms with van der Waals surface area (Å²) >= 11 is 3.38. The van der Waals surface area contributed by atoms with Crippen LogP contribution in [0.4, 0.5) is 0 Å². The van der Waals surface area contributed by atoms with E-state index < -0.39 is 6.10 Å². The van der Waals surface area contributed by atoms with E-state index in [0.717, 1.165) is 21.0 Å². The van der Waals surface area contributed by atoms with Crippen LogP contribution in [-0.2, 0) is 6.54 Å². The number of ether oxygens (including phenoxy) is 1. The molecule has 4 aromatic rings. The summed E-state index contributed by atoms with van der Waals surface area (Å²) in [5, 5.41) is 16.4. The first kappa shape index (κ1) is 20.3. The maximum atomic E-state index is 13.0. The Labute approximate surface area is 182 Å². The fourth-order valence-corrected chi connectivity index (χ4v) is 3.52. The average Bonchev–Trinajstić information content (AvgIpc) is 2.76. The number of halogens is 1. The number of aryl methyl sites for hydroxylation is 1. The highest BCUT2D eigenvalue weighted by Gasteiger charge is 2.15. The Morgan fingerprint density at radius 2 is 1.67 bits per heavy atom. The molecule has 5 nitrogen and oxygen atoms in total. The van der Waals surface area contributed by atoms with Crippen molar-refractivity contribution < 1.29 is 9.84 Å². The second-order valence-corrected chi connectivity index (χ2v) is 8.08. The molecule has 0 bridgehead atoms. The van der Waals surface area contributed by atoms with Crippen LogP contribution < -0.4 is 10.3 Å². The second-order valence-electron chi connectivity index (χ2n) is 7.17. The van der Waals surface area contributed by atoms with E-state index in [2.05, 4.69) is 21.0 Å². The topological polar surface area (TPSA) is 64.3 Å². The van der Waals surface area contributed by atoms with Gasteiger partial charge >= 0.3 is 0 Å². The Hall–Kier alpha value is -2.96. The maximum absolute atomic E-state index is 13.0. The lowest BCUT2D eigenvalue weighted by molar-refractivity contribution is 0.0882. The molecule has 0 aliphatic rings. The molecule has 1 heterocycles. The standard InChI is InChI=1S/C24H21BrN2O3/c1-16-6-8-17(9-7-16)23-21-4-2-3-5-22(21)24(29)27(26-23)14-19(28)15-30-20-12-10-18(25)11-13-20/h2-13,19,28H,14-15H2,1H3. The summed E-state index contributed by atoms with van der Waals surface area (Å²) < 4.78 is 7.91. The van der Waals surface area contributed by atoms with Crippen molar-refractivity contribution in [3.63, 3.8) is 0 Å². The van der Waals surface area contributed by atoms with Gasteiger partial charge in [-0.1, -0.05) is 64.0 Å². The number of hydrogen-bond acceptors (Lipinski definition) is 4. The predicted molar refractivity (Wildman–Crippen MR) is 122 cm³/mol. The van der Waals surface area contributed by atoms with Gasteiger partial charge in [-0.3, -0.25) is 4.79 Å². The molecule has 4 rings (SSSR count). The van der Waals surface area contributed by atoms with E-state index in [0.29, 0.717) is 16.8 Å². The second kappa shape index (κ2) is 8.81. The zero-order valence-corrected chi connectivity index (χ0v) is 18.0. The van der Waals surface area contributed by atoms with Gasteiger partial charge in [0.2, 0.25) is 0 Å². The van der Waals surface area contributed by atoms with Crippen molar-refractivity contribution in [3.05, 3.63) is 93.2 Å². The SMILES string of the molecule is Cc1ccc(-c2nn(CC(O)COc3ccc(Br)cc3)c(=O)c3ccccc23)cc1. The van der Waals surface area contributed by atoms with Gasteiger partial charge in [0.1, 0.15) is 18.5 Å². The Kier molecular flexibility index (Phi) is 5.97. The van der Waals surface area contributed by atoms with E-state index in [1.54, 1.807) is 6.07 Å². The molecule has 6 heteroatoms. The first-order valence-corrected chi connectivity index (χ1v) is 10.4. The van der Waals surface area contributed by atoms with E-state index in [9.17, 15) is 9.90 Å². The lowest BCUT2D eigenvalue weighted by atomic mass is 10.0. The van der Waals surface area contributed by atoms with Crippen LogP contribution in [0.2, 0.25) is 0 Å². The molecule has 1 unspecified atom stereocenters. The van der Waals surface area contributed by atoms with Gasteiger partial charge in [0, 0.05) is 15.4 Å². The Balaban J connectivity index is 1.63. The van der Waals surface area contributed by atoms with Gasteiger partial charge in [-0.25, -0.2) is 4.68 Å². The fraction of sp³-hybridized carbons (Fsp3) is 0.167. The van der Waals surface area contributed by atoms with Crippen LogP contribution in [0.3, 0.4) is 0 Å². The highest BCUT2D eigenvalue weighted by atomic mass is 79.9. The van der Waals surface area contributed by atoms with Crippen LogP contribution in [0.15, 0.2) is 82.1 Å². The molecular formula is C24H21BrN2O3. The van der Waals surface area contributed by atoms with E-state index in [1.807, 2.05) is 73.7 Å². The first-order valence-electron chi connectivity index (χ1n) is 9.64. The zero-order valence-electron chi connectivity index (χ0n) is 16.5. The molecule has 0 aliphatic carbocycles. The van der Waals surface area contributed by atoms with E-state index >= 15 is 0 Å². The highest BCUT2D eigenvalue weighted by molar-refractivity contribution is 9.10. The van der Waals surface area contributed by atoms with Crippen LogP contribution in [-0.4, -0.2) is 27.6 Å². The number of aromatic nitrogens is 2. The average molecular weight is 465 g/mol. The lowest BCUT2D eigenvalue weighted by Crippen LogP contribution is -2.32. The third kappa shape index (κ3) is 4.45. The van der Waals surface area contributed by atoms with Crippen LogP contribution in [0.5, 0.6) is 5.75 Å². The fourth-order valence-electron chi connectivity index (χ4n) is 3.26. The van der Waals surface area contributed by atoms with Crippen molar-refractivity contribution in [2.24, 2.45) is 0 Å². The van der Waals surface area contributed by atoms with E-state index in [1.165, 1.54) is 4.68 Å². The number of aliphatic hydroxyl groups is 1. The molecule has 30 heavy (non-hydrogen) atoms. The van der Waals surface area contributed by atoms with Crippen molar-refractivity contribution in [1.29, 1.82) is 0 Å². The highest BCUT2D eigenvalue weighted by Crippen LogP contribution is 2.25. The molecule has 0 amide bonds. The lowest BCUT2D eigenvalue weighted by Gasteiger charge is -2.15. The third-order valence-corrected chi connectivity index (χ3v) is 5.36. The van der Waals surface area contributed by atoms with Gasteiger partial charge in [-0.2, -0.15) is 5.10 Å². The minimum Gasteiger partial charge on any atom is -0.491 e. The molecule has 0 saturated carbocycles. The van der Waals surface area contributed by atoms with Crippen LogP contribution >= 0.6 is 15.9 Å². The van der Waals surface area contributed by atoms with Crippen molar-refractivity contribution in [2.75, 3.05) is 6.61 Å². The quantitative estimate of drug-likeness (QED) is 0.453. The first-order chi connectivity index (χ1) is 14.5. The molecule has 1 N–H and O–H groups in total. The largest absolute Gasteiger partial charge is 0.491 e. The number of hydrogen-bond donors (Lipinski definition) is 1. The van der Waals surface area contributed by atoms with E-state index in [4.69, 9.17) is 4.74 Å². The molecule has 152 valence electrons. The van der Waals surface area contributed by atoms with Gasteiger partial charge in [0.05, 0.1) is 17.6 Å². The monoisotopic (exact) mass is 464 g/mol. The molecule has 3 aromatic carbocycles. The van der Waals surface area contributed by atoms with Gasteiger partial charge in [-0.15, -0.1) is 0 Å². The Morgan fingerprint density at radius 3 is 2.37 bits per heavy atom. The maximum Gasteiger partial charge on any atom is 0.274 e. The summed E-state index contributed by atoms with van der Waals surface area (Å²) in [5.74, 6) is 0.649. The van der Waals surface area contributed by atoms with Crippen LogP contribution in [0.25, 0.3) is 22.0 Å². The Morgan fingerprint density at radius 1 is 1.00 bits per heavy atom. The summed E-state index contributed by atoms with van der Waals surface area (Å²) in [6.07, 6.45) is -0.883. The minimum absolute atomic E-state index is 0.0407. The number of fused-ring (bicyclic) bond motifs is 1. The third-order valence-electron chi connectivity index (χ3n) is 4.83.